The van der Waals surface area contributed by atoms with Crippen LogP contribution in [-0.2, 0) is 11.3 Å². The summed E-state index contributed by atoms with van der Waals surface area (Å²) in [4.78, 5) is 21.8. The van der Waals surface area contributed by atoms with Gasteiger partial charge in [0.25, 0.3) is 6.04 Å². The molecule has 1 rings (SSSR count). The lowest BCUT2D eigenvalue weighted by Gasteiger charge is -2.24. The van der Waals surface area contributed by atoms with Gasteiger partial charge in [-0.2, -0.15) is 13.2 Å². The highest BCUT2D eigenvalue weighted by Crippen LogP contribution is 2.26. The zero-order valence-electron chi connectivity index (χ0n) is 12.8. The van der Waals surface area contributed by atoms with Crippen LogP contribution in [0.25, 0.3) is 0 Å². The van der Waals surface area contributed by atoms with E-state index < -0.39 is 29.0 Å². The van der Waals surface area contributed by atoms with Gasteiger partial charge in [0.2, 0.25) is 5.78 Å². The summed E-state index contributed by atoms with van der Waals surface area (Å²) in [5, 5.41) is 13.2. The Hall–Kier alpha value is -1.96. The molecular weight excluding hydrogens is 313 g/mol. The molecule has 0 saturated heterocycles. The second-order valence-corrected chi connectivity index (χ2v) is 5.68. The maximum Gasteiger partial charge on any atom is 0.411 e. The lowest BCUT2D eigenvalue weighted by Crippen LogP contribution is -2.56. The van der Waals surface area contributed by atoms with Gasteiger partial charge in [0, 0.05) is 17.9 Å². The standard InChI is InChI=1S/C15H19F3N2O3/c1-10(2)8-12(21)13(20(22)23)14(15(16,17)18)19-9-11-6-4-3-5-7-11/h3-7,10,13-14,19H,8-9H2,1-2H3/t13-,14+/m0/s1. The Morgan fingerprint density at radius 2 is 1.83 bits per heavy atom. The van der Waals surface area contributed by atoms with Gasteiger partial charge in [-0.1, -0.05) is 44.2 Å². The van der Waals surface area contributed by atoms with Crippen molar-refractivity contribution in [2.24, 2.45) is 5.92 Å². The molecule has 0 radical (unpaired) electrons. The third-order valence-electron chi connectivity index (χ3n) is 3.20. The number of carbonyl (C=O) groups is 1. The summed E-state index contributed by atoms with van der Waals surface area (Å²) in [7, 11) is 0. The predicted molar refractivity (Wildman–Crippen MR) is 78.4 cm³/mol. The predicted octanol–water partition coefficient (Wildman–Crippen LogP) is 2.97. The van der Waals surface area contributed by atoms with E-state index in [4.69, 9.17) is 0 Å². The Bertz CT molecular complexity index is 533. The van der Waals surface area contributed by atoms with Gasteiger partial charge in [0.05, 0.1) is 0 Å². The van der Waals surface area contributed by atoms with Crippen molar-refractivity contribution >= 4 is 5.78 Å². The van der Waals surface area contributed by atoms with Gasteiger partial charge >= 0.3 is 6.18 Å². The van der Waals surface area contributed by atoms with Crippen LogP contribution in [0.4, 0.5) is 13.2 Å². The molecule has 0 aliphatic rings. The van der Waals surface area contributed by atoms with Crippen LogP contribution in [0.2, 0.25) is 0 Å². The summed E-state index contributed by atoms with van der Waals surface area (Å²) < 4.78 is 39.6. The molecule has 1 aromatic carbocycles. The number of carbonyl (C=O) groups excluding carboxylic acids is 1. The van der Waals surface area contributed by atoms with Crippen molar-refractivity contribution in [1.29, 1.82) is 0 Å². The molecule has 2 atom stereocenters. The van der Waals surface area contributed by atoms with Gasteiger partial charge in [-0.3, -0.25) is 20.2 Å². The number of Topliss-reactive ketones (excluding diaryl/α,β-unsaturated/α-hetero) is 1. The normalized spacial score (nSPS) is 14.5. The molecule has 1 N–H and O–H groups in total. The number of hydrogen-bond donors (Lipinski definition) is 1. The molecule has 0 aromatic heterocycles. The van der Waals surface area contributed by atoms with Gasteiger partial charge < -0.3 is 0 Å². The van der Waals surface area contributed by atoms with Crippen molar-refractivity contribution in [1.82, 2.24) is 5.32 Å². The van der Waals surface area contributed by atoms with Gasteiger partial charge in [-0.25, -0.2) is 0 Å². The maximum atomic E-state index is 13.2. The molecule has 0 aliphatic carbocycles. The number of nitrogens with zero attached hydrogens (tertiary/aromatic N) is 1. The molecule has 5 nitrogen and oxygen atoms in total. The van der Waals surface area contributed by atoms with Crippen molar-refractivity contribution < 1.29 is 22.9 Å². The van der Waals surface area contributed by atoms with E-state index in [1.54, 1.807) is 44.2 Å². The molecule has 0 saturated carbocycles. The number of alkyl halides is 3. The van der Waals surface area contributed by atoms with Crippen molar-refractivity contribution in [3.63, 3.8) is 0 Å². The van der Waals surface area contributed by atoms with Crippen LogP contribution in [0, 0.1) is 16.0 Å². The molecule has 0 heterocycles. The molecule has 23 heavy (non-hydrogen) atoms. The SMILES string of the molecule is CC(C)CC(=O)[C@@H]([C@@H](NCc1ccccc1)C(F)(F)F)[N+](=O)[O-]. The quantitative estimate of drug-likeness (QED) is 0.587. The molecule has 0 unspecified atom stereocenters. The Labute approximate surface area is 132 Å². The summed E-state index contributed by atoms with van der Waals surface area (Å²) in [6.07, 6.45) is -5.18. The fourth-order valence-electron chi connectivity index (χ4n) is 2.18. The molecular formula is C15H19F3N2O3. The van der Waals surface area contributed by atoms with Crippen LogP contribution in [0.1, 0.15) is 25.8 Å². The monoisotopic (exact) mass is 332 g/mol. The van der Waals surface area contributed by atoms with Crippen molar-refractivity contribution in [2.75, 3.05) is 0 Å². The second-order valence-electron chi connectivity index (χ2n) is 5.68. The Balaban J connectivity index is 2.97. The summed E-state index contributed by atoms with van der Waals surface area (Å²) in [6.45, 7) is 3.02. The number of nitro groups is 1. The van der Waals surface area contributed by atoms with Crippen molar-refractivity contribution in [3.05, 3.63) is 46.0 Å². The van der Waals surface area contributed by atoms with Gasteiger partial charge in [0.1, 0.15) is 0 Å². The second kappa shape index (κ2) is 8.05. The minimum atomic E-state index is -4.90. The largest absolute Gasteiger partial charge is 0.411 e. The summed E-state index contributed by atoms with van der Waals surface area (Å²) in [5.74, 6) is -1.28. The molecule has 0 bridgehead atoms. The number of benzene rings is 1. The molecule has 0 aliphatic heterocycles. The molecule has 1 aromatic rings. The highest BCUT2D eigenvalue weighted by molar-refractivity contribution is 5.83. The minimum Gasteiger partial charge on any atom is -0.296 e. The van der Waals surface area contributed by atoms with Crippen LogP contribution in [0.5, 0.6) is 0 Å². The first-order chi connectivity index (χ1) is 10.6. The first-order valence-electron chi connectivity index (χ1n) is 7.13. The molecule has 0 fully saturated rings. The van der Waals surface area contributed by atoms with E-state index in [2.05, 4.69) is 5.32 Å². The lowest BCUT2D eigenvalue weighted by molar-refractivity contribution is -0.519. The maximum absolute atomic E-state index is 13.2. The van der Waals surface area contributed by atoms with Crippen molar-refractivity contribution in [2.45, 2.75) is 45.1 Å². The number of hydrogen-bond acceptors (Lipinski definition) is 4. The highest BCUT2D eigenvalue weighted by atomic mass is 19.4. The van der Waals surface area contributed by atoms with E-state index >= 15 is 0 Å². The van der Waals surface area contributed by atoms with Gasteiger partial charge in [-0.15, -0.1) is 0 Å². The average Bonchev–Trinajstić information content (AvgIpc) is 2.41. The average molecular weight is 332 g/mol. The summed E-state index contributed by atoms with van der Waals surface area (Å²) >= 11 is 0. The third kappa shape index (κ3) is 5.97. The lowest BCUT2D eigenvalue weighted by atomic mass is 9.96. The summed E-state index contributed by atoms with van der Waals surface area (Å²) in [6, 6.07) is 3.32. The van der Waals surface area contributed by atoms with Crippen molar-refractivity contribution in [3.8, 4) is 0 Å². The van der Waals surface area contributed by atoms with Gasteiger partial charge in [-0.05, 0) is 11.5 Å². The van der Waals surface area contributed by atoms with E-state index in [9.17, 15) is 28.1 Å². The fourth-order valence-corrected chi connectivity index (χ4v) is 2.18. The topological polar surface area (TPSA) is 72.2 Å². The molecule has 128 valence electrons. The zero-order valence-corrected chi connectivity index (χ0v) is 12.8. The summed E-state index contributed by atoms with van der Waals surface area (Å²) in [5.41, 5.74) is 0.542. The van der Waals surface area contributed by atoms with Crippen LogP contribution in [0.15, 0.2) is 30.3 Å². The fraction of sp³-hybridized carbons (Fsp3) is 0.533. The molecule has 0 spiro atoms. The molecule has 0 amide bonds. The van der Waals surface area contributed by atoms with Crippen LogP contribution in [-0.4, -0.2) is 29.0 Å². The third-order valence-corrected chi connectivity index (χ3v) is 3.20. The first kappa shape index (κ1) is 19.1. The Kier molecular flexibility index (Phi) is 6.68. The van der Waals surface area contributed by atoms with E-state index in [1.807, 2.05) is 0 Å². The van der Waals surface area contributed by atoms with E-state index in [0.717, 1.165) is 0 Å². The van der Waals surface area contributed by atoms with Crippen LogP contribution >= 0.6 is 0 Å². The first-order valence-corrected chi connectivity index (χ1v) is 7.13. The minimum absolute atomic E-state index is 0.218. The highest BCUT2D eigenvalue weighted by Gasteiger charge is 2.53. The van der Waals surface area contributed by atoms with E-state index in [-0.39, 0.29) is 18.9 Å². The van der Waals surface area contributed by atoms with E-state index in [1.165, 1.54) is 0 Å². The number of nitrogens with one attached hydrogen (secondary N) is 1. The smallest absolute Gasteiger partial charge is 0.296 e. The van der Waals surface area contributed by atoms with Gasteiger partial charge in [0.15, 0.2) is 6.04 Å². The Morgan fingerprint density at radius 3 is 2.26 bits per heavy atom. The molecule has 8 heteroatoms. The number of rotatable bonds is 8. The van der Waals surface area contributed by atoms with Crippen LogP contribution < -0.4 is 5.32 Å². The number of halogens is 3. The zero-order chi connectivity index (χ0) is 17.6. The van der Waals surface area contributed by atoms with E-state index in [0.29, 0.717) is 5.56 Å². The van der Waals surface area contributed by atoms with Crippen LogP contribution in [0.3, 0.4) is 0 Å². The Morgan fingerprint density at radius 1 is 1.26 bits per heavy atom. The number of ketones is 1.